The Morgan fingerprint density at radius 1 is 1.15 bits per heavy atom. The number of benzene rings is 2. The van der Waals surface area contributed by atoms with Crippen LogP contribution in [-0.4, -0.2) is 48.8 Å². The average molecular weight is 465 g/mol. The van der Waals surface area contributed by atoms with Crippen molar-refractivity contribution in [2.45, 2.75) is 26.2 Å². The van der Waals surface area contributed by atoms with E-state index in [1.807, 2.05) is 6.07 Å². The van der Waals surface area contributed by atoms with Gasteiger partial charge in [0.25, 0.3) is 0 Å². The summed E-state index contributed by atoms with van der Waals surface area (Å²) in [7, 11) is 1.57. The first-order chi connectivity index (χ1) is 16.5. The predicted molar refractivity (Wildman–Crippen MR) is 128 cm³/mol. The molecule has 5 rings (SSSR count). The summed E-state index contributed by atoms with van der Waals surface area (Å²) in [5, 5.41) is 15.6. The van der Waals surface area contributed by atoms with Gasteiger partial charge >= 0.3 is 0 Å². The Morgan fingerprint density at radius 3 is 2.74 bits per heavy atom. The number of ether oxygens (including phenoxy) is 2. The van der Waals surface area contributed by atoms with Crippen LogP contribution in [0.3, 0.4) is 0 Å². The number of H-pyrrole nitrogens is 1. The standard InChI is InChI=1S/C26H29FN4O3/c1-26(2)15-28-9-8-19(26)16-4-6-17(7-5-16)21-13-24(34-31-21)25-18-12-20(27)23(33-11-10-32-3)14-22(18)29-30-25/h4-7,12-14,19,28H,8-11,15H2,1-3H3,(H,29,30). The molecule has 1 unspecified atom stereocenters. The Kier molecular flexibility index (Phi) is 6.10. The van der Waals surface area contributed by atoms with Crippen LogP contribution in [0.15, 0.2) is 47.0 Å². The number of hydrogen-bond acceptors (Lipinski definition) is 6. The lowest BCUT2D eigenvalue weighted by Gasteiger charge is -2.39. The van der Waals surface area contributed by atoms with Gasteiger partial charge in [0.1, 0.15) is 18.0 Å². The van der Waals surface area contributed by atoms with Gasteiger partial charge in [-0.3, -0.25) is 5.10 Å². The number of methoxy groups -OCH3 is 1. The Hall–Kier alpha value is -3.23. The minimum Gasteiger partial charge on any atom is -0.488 e. The lowest BCUT2D eigenvalue weighted by atomic mass is 9.71. The molecule has 3 heterocycles. The molecule has 34 heavy (non-hydrogen) atoms. The molecule has 2 aromatic carbocycles. The number of aromatic nitrogens is 3. The van der Waals surface area contributed by atoms with E-state index < -0.39 is 5.82 Å². The molecule has 7 nitrogen and oxygen atoms in total. The van der Waals surface area contributed by atoms with Crippen molar-refractivity contribution in [1.82, 2.24) is 20.7 Å². The second-order valence-corrected chi connectivity index (χ2v) is 9.45. The fourth-order valence-electron chi connectivity index (χ4n) is 4.75. The van der Waals surface area contributed by atoms with Crippen LogP contribution >= 0.6 is 0 Å². The lowest BCUT2D eigenvalue weighted by Crippen LogP contribution is -2.41. The minimum atomic E-state index is -0.470. The fraction of sp³-hybridized carbons (Fsp3) is 0.385. The van der Waals surface area contributed by atoms with Crippen molar-refractivity contribution < 1.29 is 18.4 Å². The number of nitrogens with one attached hydrogen (secondary N) is 2. The van der Waals surface area contributed by atoms with Crippen molar-refractivity contribution in [3.8, 4) is 28.5 Å². The first-order valence-electron chi connectivity index (χ1n) is 11.5. The molecule has 1 aliphatic heterocycles. The summed E-state index contributed by atoms with van der Waals surface area (Å²) < 4.78 is 30.6. The maximum atomic E-state index is 14.6. The van der Waals surface area contributed by atoms with E-state index >= 15 is 0 Å². The monoisotopic (exact) mass is 464 g/mol. The molecular formula is C26H29FN4O3. The molecule has 178 valence electrons. The third-order valence-electron chi connectivity index (χ3n) is 6.65. The molecule has 0 saturated carbocycles. The molecule has 2 aromatic heterocycles. The van der Waals surface area contributed by atoms with Gasteiger partial charge in [-0.1, -0.05) is 43.3 Å². The Balaban J connectivity index is 1.38. The van der Waals surface area contributed by atoms with Crippen molar-refractivity contribution in [2.75, 3.05) is 33.4 Å². The largest absolute Gasteiger partial charge is 0.488 e. The highest BCUT2D eigenvalue weighted by atomic mass is 19.1. The Morgan fingerprint density at radius 2 is 1.97 bits per heavy atom. The molecule has 4 aromatic rings. The molecule has 0 aliphatic carbocycles. The summed E-state index contributed by atoms with van der Waals surface area (Å²) in [6.45, 7) is 7.33. The van der Waals surface area contributed by atoms with Gasteiger partial charge < -0.3 is 19.3 Å². The number of hydrogen-bond donors (Lipinski definition) is 2. The summed E-state index contributed by atoms with van der Waals surface area (Å²) in [4.78, 5) is 0. The highest BCUT2D eigenvalue weighted by molar-refractivity contribution is 5.92. The number of halogens is 1. The minimum absolute atomic E-state index is 0.148. The van der Waals surface area contributed by atoms with Gasteiger partial charge in [-0.15, -0.1) is 0 Å². The first-order valence-corrected chi connectivity index (χ1v) is 11.5. The van der Waals surface area contributed by atoms with E-state index in [0.29, 0.717) is 40.6 Å². The summed E-state index contributed by atoms with van der Waals surface area (Å²) in [6.07, 6.45) is 1.13. The van der Waals surface area contributed by atoms with E-state index in [1.165, 1.54) is 11.6 Å². The molecule has 0 amide bonds. The van der Waals surface area contributed by atoms with Gasteiger partial charge in [0.15, 0.2) is 17.3 Å². The van der Waals surface area contributed by atoms with Crippen LogP contribution in [0.5, 0.6) is 5.75 Å². The van der Waals surface area contributed by atoms with Crippen LogP contribution in [0.2, 0.25) is 0 Å². The topological polar surface area (TPSA) is 85.2 Å². The van der Waals surface area contributed by atoms with Gasteiger partial charge in [-0.05, 0) is 35.9 Å². The van der Waals surface area contributed by atoms with Gasteiger partial charge in [-0.25, -0.2) is 4.39 Å². The second kappa shape index (κ2) is 9.19. The van der Waals surface area contributed by atoms with Crippen LogP contribution in [-0.2, 0) is 4.74 Å². The van der Waals surface area contributed by atoms with Crippen LogP contribution in [0.25, 0.3) is 33.6 Å². The van der Waals surface area contributed by atoms with Crippen LogP contribution < -0.4 is 10.1 Å². The molecule has 1 aliphatic rings. The number of nitrogens with zero attached hydrogens (tertiary/aromatic N) is 2. The van der Waals surface area contributed by atoms with Gasteiger partial charge in [0, 0.05) is 36.7 Å². The maximum absolute atomic E-state index is 14.6. The Bertz CT molecular complexity index is 1280. The number of rotatable bonds is 7. The third-order valence-corrected chi connectivity index (χ3v) is 6.65. The van der Waals surface area contributed by atoms with E-state index in [-0.39, 0.29) is 17.8 Å². The lowest BCUT2D eigenvalue weighted by molar-refractivity contribution is 0.144. The summed E-state index contributed by atoms with van der Waals surface area (Å²) in [5.41, 5.74) is 4.38. The van der Waals surface area contributed by atoms with E-state index in [4.69, 9.17) is 14.0 Å². The molecule has 1 atom stereocenters. The molecular weight excluding hydrogens is 435 g/mol. The van der Waals surface area contributed by atoms with Crippen molar-refractivity contribution in [3.05, 3.63) is 53.8 Å². The van der Waals surface area contributed by atoms with E-state index in [1.54, 1.807) is 13.2 Å². The molecule has 1 fully saturated rings. The molecule has 8 heteroatoms. The molecule has 2 N–H and O–H groups in total. The zero-order chi connectivity index (χ0) is 23.7. The van der Waals surface area contributed by atoms with Crippen molar-refractivity contribution in [3.63, 3.8) is 0 Å². The van der Waals surface area contributed by atoms with Gasteiger partial charge in [-0.2, -0.15) is 5.10 Å². The van der Waals surface area contributed by atoms with Crippen LogP contribution in [0.1, 0.15) is 31.7 Å². The van der Waals surface area contributed by atoms with Gasteiger partial charge in [0.2, 0.25) is 0 Å². The average Bonchev–Trinajstić information content (AvgIpc) is 3.46. The zero-order valence-corrected chi connectivity index (χ0v) is 19.7. The summed E-state index contributed by atoms with van der Waals surface area (Å²) >= 11 is 0. The van der Waals surface area contributed by atoms with E-state index in [0.717, 1.165) is 25.1 Å². The van der Waals surface area contributed by atoms with Crippen molar-refractivity contribution in [1.29, 1.82) is 0 Å². The first kappa shape index (κ1) is 22.6. The quantitative estimate of drug-likeness (QED) is 0.368. The summed E-state index contributed by atoms with van der Waals surface area (Å²) in [5.74, 6) is 0.666. The third kappa shape index (κ3) is 4.31. The number of fused-ring (bicyclic) bond motifs is 1. The highest BCUT2D eigenvalue weighted by Crippen LogP contribution is 2.40. The zero-order valence-electron chi connectivity index (χ0n) is 19.7. The normalized spacial score (nSPS) is 17.8. The van der Waals surface area contributed by atoms with Gasteiger partial charge in [0.05, 0.1) is 12.1 Å². The van der Waals surface area contributed by atoms with E-state index in [9.17, 15) is 4.39 Å². The molecule has 0 spiro atoms. The van der Waals surface area contributed by atoms with E-state index in [2.05, 4.69) is 58.8 Å². The van der Waals surface area contributed by atoms with Crippen LogP contribution in [0.4, 0.5) is 4.39 Å². The number of piperidine rings is 1. The maximum Gasteiger partial charge on any atom is 0.188 e. The second-order valence-electron chi connectivity index (χ2n) is 9.45. The SMILES string of the molecule is COCCOc1cc2[nH]nc(-c3cc(-c4ccc(C5CCNCC5(C)C)cc4)no3)c2cc1F. The highest BCUT2D eigenvalue weighted by Gasteiger charge is 2.33. The predicted octanol–water partition coefficient (Wildman–Crippen LogP) is 5.15. The van der Waals surface area contributed by atoms with Crippen LogP contribution in [0, 0.1) is 11.2 Å². The molecule has 0 bridgehead atoms. The molecule has 0 radical (unpaired) electrons. The Labute approximate surface area is 197 Å². The summed E-state index contributed by atoms with van der Waals surface area (Å²) in [6, 6.07) is 13.4. The number of aromatic amines is 1. The van der Waals surface area contributed by atoms with Crippen molar-refractivity contribution >= 4 is 10.9 Å². The van der Waals surface area contributed by atoms with Crippen molar-refractivity contribution in [2.24, 2.45) is 5.41 Å². The smallest absolute Gasteiger partial charge is 0.188 e. The molecule has 1 saturated heterocycles. The fourth-order valence-corrected chi connectivity index (χ4v) is 4.75.